The molecule has 1 amide bonds. The van der Waals surface area contributed by atoms with E-state index in [-0.39, 0.29) is 11.8 Å². The van der Waals surface area contributed by atoms with Crippen LogP contribution in [-0.4, -0.2) is 50.3 Å². The summed E-state index contributed by atoms with van der Waals surface area (Å²) in [4.78, 5) is 18.1. The number of pyridine rings is 1. The second-order valence-corrected chi connectivity index (χ2v) is 5.91. The predicted octanol–water partition coefficient (Wildman–Crippen LogP) is 0.718. The number of hydrogen-bond donors (Lipinski definition) is 2. The van der Waals surface area contributed by atoms with Crippen molar-refractivity contribution in [1.82, 2.24) is 20.1 Å². The van der Waals surface area contributed by atoms with Gasteiger partial charge in [0.25, 0.3) is 0 Å². The van der Waals surface area contributed by atoms with E-state index in [2.05, 4.69) is 15.2 Å². The number of β-amino-alcohol motifs (C(OH)–C–C–N with tert-alkyl or cyclic N) is 1. The fourth-order valence-electron chi connectivity index (χ4n) is 2.90. The van der Waals surface area contributed by atoms with E-state index in [0.717, 1.165) is 17.0 Å². The molecule has 3 rings (SSSR count). The summed E-state index contributed by atoms with van der Waals surface area (Å²) in [5.41, 5.74) is 2.84. The Kier molecular flexibility index (Phi) is 4.20. The van der Waals surface area contributed by atoms with Gasteiger partial charge in [0.15, 0.2) is 0 Å². The maximum absolute atomic E-state index is 12.3. The van der Waals surface area contributed by atoms with Crippen molar-refractivity contribution < 1.29 is 9.90 Å². The highest BCUT2D eigenvalue weighted by atomic mass is 16.3. The van der Waals surface area contributed by atoms with E-state index in [0.29, 0.717) is 25.9 Å². The molecule has 6 nitrogen and oxygen atoms in total. The van der Waals surface area contributed by atoms with Gasteiger partial charge < -0.3 is 10.0 Å². The lowest BCUT2D eigenvalue weighted by Crippen LogP contribution is -2.31. The first-order chi connectivity index (χ1) is 10.6. The quantitative estimate of drug-likeness (QED) is 0.871. The van der Waals surface area contributed by atoms with Gasteiger partial charge in [0, 0.05) is 37.1 Å². The van der Waals surface area contributed by atoms with Crippen LogP contribution in [0.1, 0.15) is 17.0 Å². The van der Waals surface area contributed by atoms with Crippen molar-refractivity contribution in [2.24, 2.45) is 5.92 Å². The molecule has 2 aromatic rings. The lowest BCUT2D eigenvalue weighted by molar-refractivity contribution is -0.129. The summed E-state index contributed by atoms with van der Waals surface area (Å²) in [6, 6.07) is 5.69. The van der Waals surface area contributed by atoms with Crippen molar-refractivity contribution in [2.75, 3.05) is 13.1 Å². The van der Waals surface area contributed by atoms with Crippen LogP contribution < -0.4 is 0 Å². The molecule has 0 radical (unpaired) electrons. The zero-order valence-electron chi connectivity index (χ0n) is 12.6. The van der Waals surface area contributed by atoms with Crippen LogP contribution in [0.15, 0.2) is 30.6 Å². The fraction of sp³-hybridized carbons (Fsp3) is 0.438. The number of aryl methyl sites for hydroxylation is 1. The molecule has 22 heavy (non-hydrogen) atoms. The molecule has 1 fully saturated rings. The van der Waals surface area contributed by atoms with E-state index in [1.807, 2.05) is 25.1 Å². The fourth-order valence-corrected chi connectivity index (χ4v) is 2.90. The number of carbonyl (C=O) groups excluding carboxylic acids is 1. The lowest BCUT2D eigenvalue weighted by atomic mass is 10.0. The van der Waals surface area contributed by atoms with Crippen molar-refractivity contribution in [2.45, 2.75) is 25.9 Å². The van der Waals surface area contributed by atoms with E-state index >= 15 is 0 Å². The van der Waals surface area contributed by atoms with Crippen LogP contribution in [0.4, 0.5) is 0 Å². The summed E-state index contributed by atoms with van der Waals surface area (Å²) >= 11 is 0. The molecule has 2 N–H and O–H groups in total. The second kappa shape index (κ2) is 6.27. The third kappa shape index (κ3) is 3.33. The van der Waals surface area contributed by atoms with Crippen molar-refractivity contribution in [3.8, 4) is 0 Å². The molecule has 0 aromatic carbocycles. The van der Waals surface area contributed by atoms with Gasteiger partial charge in [-0.2, -0.15) is 5.10 Å². The number of aromatic nitrogens is 3. The number of aliphatic hydroxyl groups excluding tert-OH is 1. The van der Waals surface area contributed by atoms with E-state index in [4.69, 9.17) is 0 Å². The third-order valence-corrected chi connectivity index (χ3v) is 4.07. The Morgan fingerprint density at radius 3 is 3.05 bits per heavy atom. The van der Waals surface area contributed by atoms with E-state index in [1.54, 1.807) is 17.3 Å². The molecule has 1 aliphatic heterocycles. The monoisotopic (exact) mass is 300 g/mol. The first kappa shape index (κ1) is 14.7. The Balaban J connectivity index is 1.59. The average molecular weight is 300 g/mol. The summed E-state index contributed by atoms with van der Waals surface area (Å²) < 4.78 is 0. The number of likely N-dealkylation sites (tertiary alicyclic amines) is 1. The molecule has 2 aromatic heterocycles. The molecular weight excluding hydrogens is 280 g/mol. The summed E-state index contributed by atoms with van der Waals surface area (Å²) in [7, 11) is 0. The maximum Gasteiger partial charge on any atom is 0.227 e. The smallest absolute Gasteiger partial charge is 0.227 e. The summed E-state index contributed by atoms with van der Waals surface area (Å²) in [5, 5.41) is 17.3. The number of amides is 1. The minimum atomic E-state index is -0.491. The Bertz CT molecular complexity index is 641. The average Bonchev–Trinajstić information content (AvgIpc) is 3.07. The summed E-state index contributed by atoms with van der Waals surface area (Å²) in [6.07, 6.45) is 3.91. The first-order valence-electron chi connectivity index (χ1n) is 7.47. The van der Waals surface area contributed by atoms with Gasteiger partial charge >= 0.3 is 0 Å². The Morgan fingerprint density at radius 1 is 1.50 bits per heavy atom. The molecule has 6 heteroatoms. The predicted molar refractivity (Wildman–Crippen MR) is 81.0 cm³/mol. The molecule has 1 saturated heterocycles. The zero-order valence-corrected chi connectivity index (χ0v) is 12.6. The molecule has 0 aliphatic carbocycles. The molecule has 0 unspecified atom stereocenters. The molecule has 0 bridgehead atoms. The van der Waals surface area contributed by atoms with Gasteiger partial charge in [0.2, 0.25) is 5.91 Å². The van der Waals surface area contributed by atoms with Gasteiger partial charge in [0.1, 0.15) is 0 Å². The van der Waals surface area contributed by atoms with Gasteiger partial charge in [-0.25, -0.2) is 0 Å². The maximum atomic E-state index is 12.3. The van der Waals surface area contributed by atoms with Crippen LogP contribution in [0.5, 0.6) is 0 Å². The number of aromatic amines is 1. The van der Waals surface area contributed by atoms with E-state index in [9.17, 15) is 9.90 Å². The van der Waals surface area contributed by atoms with Crippen LogP contribution in [0.2, 0.25) is 0 Å². The largest absolute Gasteiger partial charge is 0.391 e. The van der Waals surface area contributed by atoms with E-state index in [1.165, 1.54) is 0 Å². The van der Waals surface area contributed by atoms with Crippen LogP contribution >= 0.6 is 0 Å². The Morgan fingerprint density at radius 2 is 2.36 bits per heavy atom. The highest BCUT2D eigenvalue weighted by Crippen LogP contribution is 2.22. The number of carbonyl (C=O) groups is 1. The minimum absolute atomic E-state index is 0.0350. The molecule has 3 heterocycles. The van der Waals surface area contributed by atoms with Crippen LogP contribution in [0.3, 0.4) is 0 Å². The van der Waals surface area contributed by atoms with Crippen molar-refractivity contribution in [1.29, 1.82) is 0 Å². The molecule has 116 valence electrons. The third-order valence-electron chi connectivity index (χ3n) is 4.07. The van der Waals surface area contributed by atoms with Crippen molar-refractivity contribution in [3.05, 3.63) is 47.5 Å². The SMILES string of the molecule is Cc1cc(C[C@@H]2CN(C(=O)Cc3cccnc3)C[C@@H]2O)n[nH]1. The number of nitrogens with one attached hydrogen (secondary N) is 1. The standard InChI is InChI=1S/C16H20N4O2/c1-11-5-14(19-18-11)7-13-9-20(10-15(13)21)16(22)6-12-3-2-4-17-8-12/h2-5,8,13,15,21H,6-7,9-10H2,1H3,(H,18,19)/t13-,15+/m1/s1. The number of hydrogen-bond acceptors (Lipinski definition) is 4. The lowest BCUT2D eigenvalue weighted by Gasteiger charge is -2.15. The first-order valence-corrected chi connectivity index (χ1v) is 7.47. The van der Waals surface area contributed by atoms with E-state index < -0.39 is 6.10 Å². The van der Waals surface area contributed by atoms with Crippen LogP contribution in [-0.2, 0) is 17.6 Å². The van der Waals surface area contributed by atoms with Crippen molar-refractivity contribution >= 4 is 5.91 Å². The normalized spacial score (nSPS) is 21.3. The van der Waals surface area contributed by atoms with Gasteiger partial charge in [-0.1, -0.05) is 6.07 Å². The number of rotatable bonds is 4. The van der Waals surface area contributed by atoms with Gasteiger partial charge in [-0.15, -0.1) is 0 Å². The van der Waals surface area contributed by atoms with Gasteiger partial charge in [-0.05, 0) is 31.0 Å². The molecule has 1 aliphatic rings. The summed E-state index contributed by atoms with van der Waals surface area (Å²) in [5.74, 6) is 0.0771. The van der Waals surface area contributed by atoms with Crippen molar-refractivity contribution in [3.63, 3.8) is 0 Å². The number of H-pyrrole nitrogens is 1. The van der Waals surface area contributed by atoms with Gasteiger partial charge in [-0.3, -0.25) is 14.9 Å². The highest BCUT2D eigenvalue weighted by Gasteiger charge is 2.34. The number of aliphatic hydroxyl groups is 1. The second-order valence-electron chi connectivity index (χ2n) is 5.91. The van der Waals surface area contributed by atoms with Crippen LogP contribution in [0.25, 0.3) is 0 Å². The number of nitrogens with zero attached hydrogens (tertiary/aromatic N) is 3. The molecule has 0 spiro atoms. The van der Waals surface area contributed by atoms with Crippen LogP contribution in [0, 0.1) is 12.8 Å². The van der Waals surface area contributed by atoms with Gasteiger partial charge in [0.05, 0.1) is 18.2 Å². The molecule has 0 saturated carbocycles. The Labute approximate surface area is 129 Å². The minimum Gasteiger partial charge on any atom is -0.391 e. The molecular formula is C16H20N4O2. The molecule has 2 atom stereocenters. The zero-order chi connectivity index (χ0) is 15.5. The summed E-state index contributed by atoms with van der Waals surface area (Å²) in [6.45, 7) is 2.92. The highest BCUT2D eigenvalue weighted by molar-refractivity contribution is 5.79. The Hall–Kier alpha value is -2.21. The topological polar surface area (TPSA) is 82.1 Å².